The van der Waals surface area contributed by atoms with Crippen molar-refractivity contribution in [2.45, 2.75) is 18.9 Å². The summed E-state index contributed by atoms with van der Waals surface area (Å²) in [5.74, 6) is 2.56. The minimum Gasteiger partial charge on any atom is -0.454 e. The quantitative estimate of drug-likeness (QED) is 0.766. The molecule has 0 spiro atoms. The Labute approximate surface area is 157 Å². The molecule has 132 valence electrons. The number of benzene rings is 1. The van der Waals surface area contributed by atoms with Crippen LogP contribution in [-0.2, 0) is 0 Å². The molecule has 6 rings (SSSR count). The van der Waals surface area contributed by atoms with Crippen LogP contribution in [0.15, 0.2) is 30.3 Å². The van der Waals surface area contributed by atoms with Crippen molar-refractivity contribution < 1.29 is 9.47 Å². The van der Waals surface area contributed by atoms with Crippen molar-refractivity contribution in [3.05, 3.63) is 30.3 Å². The van der Waals surface area contributed by atoms with Gasteiger partial charge < -0.3 is 19.3 Å². The number of hydrogen-bond acceptors (Lipinski definition) is 6. The molecule has 0 saturated carbocycles. The molecule has 0 unspecified atom stereocenters. The van der Waals surface area contributed by atoms with E-state index in [0.717, 1.165) is 41.7 Å². The third-order valence-electron chi connectivity index (χ3n) is 5.27. The standard InChI is InChI=1S/C18H20N4O2.BrH/c1-3-16-17(24-12-23-16)11-13(1)15-2-4-18(20-19-15)22-10-9-21-7-5-14(22)6-8-21;/h1-4,11,14H,5-10,12H2;1H. The van der Waals surface area contributed by atoms with Crippen molar-refractivity contribution in [1.29, 1.82) is 0 Å². The van der Waals surface area contributed by atoms with Gasteiger partial charge in [0, 0.05) is 37.8 Å². The second kappa shape index (κ2) is 6.80. The lowest BCUT2D eigenvalue weighted by Crippen LogP contribution is -2.38. The van der Waals surface area contributed by atoms with Gasteiger partial charge in [-0.05, 0) is 43.2 Å². The Hall–Kier alpha value is -1.86. The van der Waals surface area contributed by atoms with Gasteiger partial charge in [-0.15, -0.1) is 27.2 Å². The Bertz CT molecular complexity index is 747. The van der Waals surface area contributed by atoms with E-state index in [4.69, 9.17) is 9.47 Å². The SMILES string of the molecule is Br.c1cc2c(cc1-c1ccc(N3CCN4CCC3CC4)nn1)OCO2. The first-order chi connectivity index (χ1) is 11.9. The highest BCUT2D eigenvalue weighted by molar-refractivity contribution is 8.93. The van der Waals surface area contributed by atoms with E-state index in [-0.39, 0.29) is 23.8 Å². The fourth-order valence-electron chi connectivity index (χ4n) is 3.88. The van der Waals surface area contributed by atoms with E-state index >= 15 is 0 Å². The van der Waals surface area contributed by atoms with Crippen molar-refractivity contribution in [1.82, 2.24) is 15.1 Å². The van der Waals surface area contributed by atoms with Crippen LogP contribution in [0.5, 0.6) is 11.5 Å². The minimum absolute atomic E-state index is 0. The minimum atomic E-state index is 0. The van der Waals surface area contributed by atoms with Gasteiger partial charge in [0.05, 0.1) is 5.69 Å². The molecule has 0 atom stereocenters. The molecule has 1 aromatic heterocycles. The summed E-state index contributed by atoms with van der Waals surface area (Å²) in [6.07, 6.45) is 2.46. The molecule has 7 heteroatoms. The lowest BCUT2D eigenvalue weighted by atomic mass is 10.1. The number of aromatic nitrogens is 2. The van der Waals surface area contributed by atoms with Crippen molar-refractivity contribution >= 4 is 22.8 Å². The zero-order valence-electron chi connectivity index (χ0n) is 13.9. The largest absolute Gasteiger partial charge is 0.454 e. The van der Waals surface area contributed by atoms with Gasteiger partial charge in [0.25, 0.3) is 0 Å². The Morgan fingerprint density at radius 3 is 2.52 bits per heavy atom. The van der Waals surface area contributed by atoms with Gasteiger partial charge in [-0.1, -0.05) is 0 Å². The zero-order chi connectivity index (χ0) is 15.9. The summed E-state index contributed by atoms with van der Waals surface area (Å²) >= 11 is 0. The molecule has 2 aromatic rings. The number of hydrogen-bond donors (Lipinski definition) is 0. The predicted octanol–water partition coefficient (Wildman–Crippen LogP) is 2.73. The van der Waals surface area contributed by atoms with E-state index in [9.17, 15) is 0 Å². The summed E-state index contributed by atoms with van der Waals surface area (Å²) in [6, 6.07) is 10.6. The summed E-state index contributed by atoms with van der Waals surface area (Å²) in [4.78, 5) is 4.98. The summed E-state index contributed by atoms with van der Waals surface area (Å²) in [6.45, 7) is 4.88. The highest BCUT2D eigenvalue weighted by atomic mass is 79.9. The van der Waals surface area contributed by atoms with Crippen LogP contribution in [-0.4, -0.2) is 54.1 Å². The van der Waals surface area contributed by atoms with Crippen LogP contribution < -0.4 is 14.4 Å². The summed E-state index contributed by atoms with van der Waals surface area (Å²) in [5.41, 5.74) is 1.86. The fourth-order valence-corrected chi connectivity index (χ4v) is 3.88. The van der Waals surface area contributed by atoms with Crippen molar-refractivity contribution in [2.75, 3.05) is 37.9 Å². The molecular weight excluding hydrogens is 384 g/mol. The highest BCUT2D eigenvalue weighted by Crippen LogP contribution is 2.35. The molecule has 0 N–H and O–H groups in total. The number of rotatable bonds is 2. The van der Waals surface area contributed by atoms with Crippen molar-refractivity contribution in [3.63, 3.8) is 0 Å². The Balaban J connectivity index is 0.00000157. The Morgan fingerprint density at radius 2 is 1.72 bits per heavy atom. The van der Waals surface area contributed by atoms with E-state index < -0.39 is 0 Å². The normalized spacial score (nSPS) is 23.9. The Kier molecular flexibility index (Phi) is 4.52. The molecular formula is C18H21BrN4O2. The third kappa shape index (κ3) is 3.06. The number of piperidine rings is 1. The van der Waals surface area contributed by atoms with Gasteiger partial charge in [-0.3, -0.25) is 0 Å². The molecule has 25 heavy (non-hydrogen) atoms. The van der Waals surface area contributed by atoms with E-state index in [2.05, 4.69) is 32.1 Å². The van der Waals surface area contributed by atoms with Crippen LogP contribution in [0.2, 0.25) is 0 Å². The van der Waals surface area contributed by atoms with E-state index in [1.54, 1.807) is 0 Å². The summed E-state index contributed by atoms with van der Waals surface area (Å²) in [5, 5.41) is 8.98. The smallest absolute Gasteiger partial charge is 0.231 e. The molecule has 3 fully saturated rings. The first-order valence-electron chi connectivity index (χ1n) is 8.59. The lowest BCUT2D eigenvalue weighted by molar-refractivity contribution is 0.174. The summed E-state index contributed by atoms with van der Waals surface area (Å²) < 4.78 is 10.8. The van der Waals surface area contributed by atoms with Gasteiger partial charge >= 0.3 is 0 Å². The van der Waals surface area contributed by atoms with E-state index in [0.29, 0.717) is 6.04 Å². The average Bonchev–Trinajstić information content (AvgIpc) is 2.91. The summed E-state index contributed by atoms with van der Waals surface area (Å²) in [7, 11) is 0. The second-order valence-corrected chi connectivity index (χ2v) is 6.61. The van der Waals surface area contributed by atoms with Crippen LogP contribution in [0.4, 0.5) is 5.82 Å². The average molecular weight is 405 g/mol. The van der Waals surface area contributed by atoms with Gasteiger partial charge in [0.2, 0.25) is 6.79 Å². The molecule has 0 amide bonds. The monoisotopic (exact) mass is 404 g/mol. The number of fused-ring (bicyclic) bond motifs is 5. The maximum absolute atomic E-state index is 5.44. The van der Waals surface area contributed by atoms with Crippen LogP contribution in [0.3, 0.4) is 0 Å². The van der Waals surface area contributed by atoms with Crippen molar-refractivity contribution in [3.8, 4) is 22.8 Å². The maximum atomic E-state index is 5.44. The van der Waals surface area contributed by atoms with Crippen LogP contribution in [0.1, 0.15) is 12.8 Å². The van der Waals surface area contributed by atoms with Crippen molar-refractivity contribution in [2.24, 2.45) is 0 Å². The molecule has 1 aromatic carbocycles. The predicted molar refractivity (Wildman–Crippen MR) is 101 cm³/mol. The van der Waals surface area contributed by atoms with Gasteiger partial charge in [0.1, 0.15) is 0 Å². The topological polar surface area (TPSA) is 50.7 Å². The van der Waals surface area contributed by atoms with Gasteiger partial charge in [-0.25, -0.2) is 0 Å². The molecule has 2 bridgehead atoms. The first-order valence-corrected chi connectivity index (χ1v) is 8.59. The molecule has 0 aliphatic carbocycles. The lowest BCUT2D eigenvalue weighted by Gasteiger charge is -2.31. The number of halogens is 1. The molecule has 0 radical (unpaired) electrons. The molecule has 4 aliphatic rings. The molecule has 4 aliphatic heterocycles. The van der Waals surface area contributed by atoms with E-state index in [1.807, 2.05) is 18.2 Å². The van der Waals surface area contributed by atoms with Crippen LogP contribution >= 0.6 is 17.0 Å². The third-order valence-corrected chi connectivity index (χ3v) is 5.27. The molecule has 3 saturated heterocycles. The number of anilines is 1. The Morgan fingerprint density at radius 1 is 0.880 bits per heavy atom. The van der Waals surface area contributed by atoms with Gasteiger partial charge in [-0.2, -0.15) is 0 Å². The van der Waals surface area contributed by atoms with Crippen LogP contribution in [0.25, 0.3) is 11.3 Å². The fraction of sp³-hybridized carbons (Fsp3) is 0.444. The first kappa shape index (κ1) is 16.6. The number of ether oxygens (including phenoxy) is 2. The van der Waals surface area contributed by atoms with Crippen LogP contribution in [0, 0.1) is 0 Å². The molecule has 5 heterocycles. The molecule has 6 nitrogen and oxygen atoms in total. The zero-order valence-corrected chi connectivity index (χ0v) is 15.6. The number of nitrogens with zero attached hydrogens (tertiary/aromatic N) is 4. The second-order valence-electron chi connectivity index (χ2n) is 6.61. The maximum Gasteiger partial charge on any atom is 0.231 e. The van der Waals surface area contributed by atoms with E-state index in [1.165, 1.54) is 25.9 Å². The highest BCUT2D eigenvalue weighted by Gasteiger charge is 2.29. The van der Waals surface area contributed by atoms with Gasteiger partial charge in [0.15, 0.2) is 17.3 Å².